The Labute approximate surface area is 351 Å². The quantitative estimate of drug-likeness (QED) is 0.295. The molecule has 0 radical (unpaired) electrons. The molecule has 1 atom stereocenters. The van der Waals surface area contributed by atoms with Crippen molar-refractivity contribution in [1.29, 1.82) is 5.26 Å². The molecule has 1 spiro atoms. The predicted octanol–water partition coefficient (Wildman–Crippen LogP) is 4.09. The number of rotatable bonds is 9. The van der Waals surface area contributed by atoms with E-state index in [-0.39, 0.29) is 58.8 Å². The Morgan fingerprint density at radius 2 is 1.68 bits per heavy atom. The molecule has 1 aromatic heterocycles. The molecule has 6 aliphatic rings. The van der Waals surface area contributed by atoms with Crippen molar-refractivity contribution in [3.63, 3.8) is 0 Å². The maximum Gasteiger partial charge on any atom is 0.271 e. The Morgan fingerprint density at radius 3 is 2.37 bits per heavy atom. The Hall–Kier alpha value is -5.66. The molecule has 60 heavy (non-hydrogen) atoms. The van der Waals surface area contributed by atoms with Crippen molar-refractivity contribution in [3.05, 3.63) is 75.9 Å². The van der Waals surface area contributed by atoms with Gasteiger partial charge in [-0.25, -0.2) is 14.4 Å². The summed E-state index contributed by atoms with van der Waals surface area (Å²) in [5.74, 6) is -1.48. The monoisotopic (exact) mass is 837 g/mol. The minimum atomic E-state index is -1.10. The minimum absolute atomic E-state index is 0.00973. The van der Waals surface area contributed by atoms with Gasteiger partial charge in [0.1, 0.15) is 35.2 Å². The maximum absolute atomic E-state index is 15.5. The van der Waals surface area contributed by atoms with Gasteiger partial charge in [-0.05, 0) is 81.5 Å². The van der Waals surface area contributed by atoms with Crippen molar-refractivity contribution in [3.8, 4) is 11.8 Å². The number of carbonyl (C=O) groups excluding carboxylic acids is 5. The Kier molecular flexibility index (Phi) is 10.7. The highest BCUT2D eigenvalue weighted by Crippen LogP contribution is 2.42. The number of halogens is 2. The molecule has 312 valence electrons. The number of aromatic nitrogens is 2. The fourth-order valence-corrected chi connectivity index (χ4v) is 10.1. The molecular formula is C43H45ClFN9O6. The number of anilines is 2. The van der Waals surface area contributed by atoms with E-state index < -0.39 is 35.5 Å². The minimum Gasteiger partial charge on any atom is -0.490 e. The first kappa shape index (κ1) is 39.8. The van der Waals surface area contributed by atoms with Gasteiger partial charge in [-0.3, -0.25) is 34.2 Å². The van der Waals surface area contributed by atoms with Gasteiger partial charge in [0.25, 0.3) is 17.7 Å². The first-order chi connectivity index (χ1) is 29.0. The van der Waals surface area contributed by atoms with Crippen molar-refractivity contribution in [2.45, 2.75) is 76.0 Å². The highest BCUT2D eigenvalue weighted by molar-refractivity contribution is 6.31. The van der Waals surface area contributed by atoms with Crippen LogP contribution in [-0.4, -0.2) is 113 Å². The Morgan fingerprint density at radius 1 is 0.933 bits per heavy atom. The first-order valence-electron chi connectivity index (χ1n) is 20.7. The Bertz CT molecular complexity index is 2280. The van der Waals surface area contributed by atoms with Crippen LogP contribution in [0.2, 0.25) is 5.02 Å². The van der Waals surface area contributed by atoms with Gasteiger partial charge >= 0.3 is 0 Å². The lowest BCUT2D eigenvalue weighted by Gasteiger charge is -2.50. The average Bonchev–Trinajstić information content (AvgIpc) is 3.77. The zero-order valence-corrected chi connectivity index (χ0v) is 33.8. The van der Waals surface area contributed by atoms with E-state index in [0.29, 0.717) is 35.3 Å². The second-order valence-electron chi connectivity index (χ2n) is 17.1. The number of nitriles is 1. The SMILES string of the molecule is N#Cc1ccc(OC2CCC(NC(=O)c3cnc(N4CCC5(CN(CC6CCN(c7cc8c(cc7F)C(=O)N(C7CCC(=O)NC7=O)C8=O)CC6)C5)C4)cn3)CC2)cc1Cl. The van der Waals surface area contributed by atoms with Crippen LogP contribution in [0.3, 0.4) is 0 Å². The zero-order chi connectivity index (χ0) is 41.7. The molecular weight excluding hydrogens is 793 g/mol. The molecule has 2 N–H and O–H groups in total. The number of nitrogens with one attached hydrogen (secondary N) is 2. The second kappa shape index (κ2) is 16.1. The fourth-order valence-electron chi connectivity index (χ4n) is 9.90. The molecule has 15 nitrogen and oxygen atoms in total. The summed E-state index contributed by atoms with van der Waals surface area (Å²) in [5.41, 5.74) is 1.19. The van der Waals surface area contributed by atoms with Crippen LogP contribution in [0.1, 0.15) is 94.6 Å². The molecule has 1 aliphatic carbocycles. The van der Waals surface area contributed by atoms with Crippen LogP contribution >= 0.6 is 11.6 Å². The van der Waals surface area contributed by atoms with Crippen LogP contribution in [-0.2, 0) is 9.59 Å². The topological polar surface area (TPSA) is 181 Å². The van der Waals surface area contributed by atoms with Crippen molar-refractivity contribution in [1.82, 2.24) is 30.4 Å². The molecule has 9 rings (SSSR count). The smallest absolute Gasteiger partial charge is 0.271 e. The molecule has 6 heterocycles. The molecule has 5 fully saturated rings. The van der Waals surface area contributed by atoms with Gasteiger partial charge in [-0.15, -0.1) is 0 Å². The third-order valence-electron chi connectivity index (χ3n) is 13.1. The molecule has 5 amide bonds. The van der Waals surface area contributed by atoms with E-state index in [1.165, 1.54) is 6.07 Å². The van der Waals surface area contributed by atoms with Crippen LogP contribution in [0.4, 0.5) is 15.9 Å². The standard InChI is InChI=1S/C43H45ClFN9O6/c44-32-15-29(4-1-26(32)18-46)60-28-5-2-27(3-6-28)49-39(56)34-19-48-37(20-47-34)53-14-11-43(24-53)22-51(23-43)21-25-9-12-52(13-10-25)36-17-31-30(16-33(36)45)41(58)54(42(31)59)35-7-8-38(55)50-40(35)57/h1,4,15-17,19-20,25,27-28,35H,2-3,5-14,21-24H2,(H,49,56)(H,50,55,57). The molecule has 3 aromatic rings. The lowest BCUT2D eigenvalue weighted by molar-refractivity contribution is -0.136. The van der Waals surface area contributed by atoms with Crippen molar-refractivity contribution >= 4 is 52.6 Å². The van der Waals surface area contributed by atoms with Gasteiger partial charge in [0.2, 0.25) is 11.8 Å². The largest absolute Gasteiger partial charge is 0.490 e. The van der Waals surface area contributed by atoms with E-state index in [9.17, 15) is 24.0 Å². The summed E-state index contributed by atoms with van der Waals surface area (Å²) in [4.78, 5) is 80.2. The molecule has 17 heteroatoms. The predicted molar refractivity (Wildman–Crippen MR) is 216 cm³/mol. The highest BCUT2D eigenvalue weighted by atomic mass is 35.5. The normalized spacial score (nSPS) is 24.3. The van der Waals surface area contributed by atoms with E-state index in [2.05, 4.69) is 30.4 Å². The number of imide groups is 2. The van der Waals surface area contributed by atoms with Crippen LogP contribution in [0, 0.1) is 28.5 Å². The average molecular weight is 838 g/mol. The lowest BCUT2D eigenvalue weighted by atomic mass is 9.78. The number of piperidine rings is 2. The lowest BCUT2D eigenvalue weighted by Crippen LogP contribution is -2.59. The highest BCUT2D eigenvalue weighted by Gasteiger charge is 2.49. The van der Waals surface area contributed by atoms with E-state index in [1.54, 1.807) is 30.6 Å². The van der Waals surface area contributed by atoms with E-state index in [1.807, 2.05) is 11.0 Å². The van der Waals surface area contributed by atoms with Gasteiger partial charge < -0.3 is 24.8 Å². The number of ether oxygens (including phenoxy) is 1. The van der Waals surface area contributed by atoms with Crippen LogP contribution < -0.4 is 25.2 Å². The summed E-state index contributed by atoms with van der Waals surface area (Å²) in [5, 5.41) is 14.7. The fraction of sp³-hybridized carbons (Fsp3) is 0.488. The van der Waals surface area contributed by atoms with Gasteiger partial charge in [0.15, 0.2) is 0 Å². The third kappa shape index (κ3) is 7.76. The van der Waals surface area contributed by atoms with E-state index in [0.717, 1.165) is 94.5 Å². The number of fused-ring (bicyclic) bond motifs is 1. The number of benzene rings is 2. The summed E-state index contributed by atoms with van der Waals surface area (Å²) in [6.07, 6.45) is 9.21. The number of likely N-dealkylation sites (tertiary alicyclic amines) is 1. The number of carbonyl (C=O) groups is 5. The summed E-state index contributed by atoms with van der Waals surface area (Å²) < 4.78 is 21.5. The van der Waals surface area contributed by atoms with Gasteiger partial charge in [-0.1, -0.05) is 11.6 Å². The summed E-state index contributed by atoms with van der Waals surface area (Å²) in [6.45, 7) is 5.93. The molecule has 2 aromatic carbocycles. The van der Waals surface area contributed by atoms with E-state index >= 15 is 4.39 Å². The maximum atomic E-state index is 15.5. The molecule has 1 saturated carbocycles. The Balaban J connectivity index is 0.707. The summed E-state index contributed by atoms with van der Waals surface area (Å²) in [6, 6.07) is 8.59. The number of hydrogen-bond acceptors (Lipinski definition) is 12. The van der Waals surface area contributed by atoms with Gasteiger partial charge in [0.05, 0.1) is 45.9 Å². The number of amides is 5. The van der Waals surface area contributed by atoms with Crippen molar-refractivity contribution < 1.29 is 33.1 Å². The van der Waals surface area contributed by atoms with Crippen molar-refractivity contribution in [2.24, 2.45) is 11.3 Å². The molecule has 4 saturated heterocycles. The third-order valence-corrected chi connectivity index (χ3v) is 13.4. The number of nitrogens with zero attached hydrogens (tertiary/aromatic N) is 7. The molecule has 5 aliphatic heterocycles. The van der Waals surface area contributed by atoms with Crippen LogP contribution in [0.15, 0.2) is 42.7 Å². The number of hydrogen-bond donors (Lipinski definition) is 2. The zero-order valence-electron chi connectivity index (χ0n) is 33.0. The first-order valence-corrected chi connectivity index (χ1v) is 21.1. The van der Waals surface area contributed by atoms with E-state index in [4.69, 9.17) is 21.6 Å². The summed E-state index contributed by atoms with van der Waals surface area (Å²) in [7, 11) is 0. The van der Waals surface area contributed by atoms with Gasteiger partial charge in [0, 0.05) is 69.8 Å². The second-order valence-corrected chi connectivity index (χ2v) is 17.6. The molecule has 0 bridgehead atoms. The van der Waals surface area contributed by atoms with Crippen LogP contribution in [0.25, 0.3) is 0 Å². The molecule has 1 unspecified atom stereocenters. The van der Waals surface area contributed by atoms with Gasteiger partial charge in [-0.2, -0.15) is 5.26 Å². The van der Waals surface area contributed by atoms with Crippen LogP contribution in [0.5, 0.6) is 5.75 Å². The van der Waals surface area contributed by atoms with Crippen molar-refractivity contribution in [2.75, 3.05) is 55.6 Å². The summed E-state index contributed by atoms with van der Waals surface area (Å²) >= 11 is 6.15.